The topological polar surface area (TPSA) is 74.8 Å². The molecule has 0 atom stereocenters. The molecule has 0 unspecified atom stereocenters. The molecule has 0 radical (unpaired) electrons. The average molecular weight is 397 g/mol. The Morgan fingerprint density at radius 2 is 1.12 bits per heavy atom. The minimum atomic E-state index is -3.77. The van der Waals surface area contributed by atoms with Crippen LogP contribution in [0.3, 0.4) is 0 Å². The van der Waals surface area contributed by atoms with Crippen LogP contribution in [-0.4, -0.2) is 40.8 Å². The van der Waals surface area contributed by atoms with E-state index in [1.165, 1.54) is 32.9 Å². The monoisotopic (exact) mass is 396 g/mol. The summed E-state index contributed by atoms with van der Waals surface area (Å²) in [6.45, 7) is 6.26. The van der Waals surface area contributed by atoms with E-state index in [4.69, 9.17) is 0 Å². The van der Waals surface area contributed by atoms with Crippen molar-refractivity contribution in [1.82, 2.24) is 4.31 Å². The lowest BCUT2D eigenvalue weighted by Crippen LogP contribution is -2.31. The van der Waals surface area contributed by atoms with E-state index in [1.54, 1.807) is 45.0 Å². The predicted octanol–water partition coefficient (Wildman–Crippen LogP) is 2.93. The standard InChI is InChI=1S/C18H24N2O4S2/c1-4-19(5-2)25(21,22)17-12-14-18(15-13-17)26(23,24)20(6-3)16-10-8-7-9-11-16/h7-15H,4-6H2,1-3H3. The van der Waals surface area contributed by atoms with Gasteiger partial charge in [-0.05, 0) is 43.3 Å². The average Bonchev–Trinajstić information content (AvgIpc) is 2.64. The Balaban J connectivity index is 2.41. The number of rotatable bonds is 8. The summed E-state index contributed by atoms with van der Waals surface area (Å²) < 4.78 is 53.6. The molecule has 0 bridgehead atoms. The van der Waals surface area contributed by atoms with Crippen LogP contribution in [0.25, 0.3) is 0 Å². The molecule has 0 heterocycles. The smallest absolute Gasteiger partial charge is 0.264 e. The summed E-state index contributed by atoms with van der Waals surface area (Å²) in [7, 11) is -7.39. The summed E-state index contributed by atoms with van der Waals surface area (Å²) >= 11 is 0. The van der Waals surface area contributed by atoms with Crippen LogP contribution in [0.4, 0.5) is 5.69 Å². The highest BCUT2D eigenvalue weighted by atomic mass is 32.2. The number of hydrogen-bond donors (Lipinski definition) is 0. The third-order valence-corrected chi connectivity index (χ3v) is 8.07. The van der Waals surface area contributed by atoms with Crippen molar-refractivity contribution in [3.05, 3.63) is 54.6 Å². The van der Waals surface area contributed by atoms with Gasteiger partial charge in [0.1, 0.15) is 0 Å². The van der Waals surface area contributed by atoms with Gasteiger partial charge < -0.3 is 0 Å². The molecule has 2 aromatic rings. The second-order valence-corrected chi connectivity index (χ2v) is 9.37. The maximum atomic E-state index is 12.9. The van der Waals surface area contributed by atoms with Gasteiger partial charge in [0.2, 0.25) is 10.0 Å². The van der Waals surface area contributed by atoms with Crippen LogP contribution in [0.5, 0.6) is 0 Å². The van der Waals surface area contributed by atoms with Crippen LogP contribution in [0.1, 0.15) is 20.8 Å². The van der Waals surface area contributed by atoms with Crippen molar-refractivity contribution in [2.75, 3.05) is 23.9 Å². The van der Waals surface area contributed by atoms with Crippen LogP contribution in [-0.2, 0) is 20.0 Å². The van der Waals surface area contributed by atoms with E-state index in [2.05, 4.69) is 0 Å². The highest BCUT2D eigenvalue weighted by Crippen LogP contribution is 2.25. The fraction of sp³-hybridized carbons (Fsp3) is 0.333. The zero-order valence-electron chi connectivity index (χ0n) is 15.2. The molecule has 0 aliphatic carbocycles. The van der Waals surface area contributed by atoms with Gasteiger partial charge in [-0.3, -0.25) is 4.31 Å². The van der Waals surface area contributed by atoms with E-state index in [0.29, 0.717) is 18.8 Å². The van der Waals surface area contributed by atoms with E-state index in [-0.39, 0.29) is 16.3 Å². The molecule has 8 heteroatoms. The maximum absolute atomic E-state index is 12.9. The Labute approximate surface area is 156 Å². The first-order chi connectivity index (χ1) is 12.3. The largest absolute Gasteiger partial charge is 0.267 e. The molecule has 142 valence electrons. The number of hydrogen-bond acceptors (Lipinski definition) is 4. The molecule has 2 aromatic carbocycles. The molecule has 0 spiro atoms. The van der Waals surface area contributed by atoms with Gasteiger partial charge in [-0.15, -0.1) is 0 Å². The Morgan fingerprint density at radius 3 is 1.54 bits per heavy atom. The number of sulfonamides is 2. The van der Waals surface area contributed by atoms with Crippen molar-refractivity contribution in [2.24, 2.45) is 0 Å². The highest BCUT2D eigenvalue weighted by molar-refractivity contribution is 7.92. The molecule has 0 saturated heterocycles. The summed E-state index contributed by atoms with van der Waals surface area (Å²) in [5, 5.41) is 0. The van der Waals surface area contributed by atoms with Crippen LogP contribution >= 0.6 is 0 Å². The Bertz CT molecular complexity index is 921. The van der Waals surface area contributed by atoms with Gasteiger partial charge in [-0.2, -0.15) is 4.31 Å². The molecule has 0 aromatic heterocycles. The lowest BCUT2D eigenvalue weighted by atomic mass is 10.3. The summed E-state index contributed by atoms with van der Waals surface area (Å²) in [6, 6.07) is 14.2. The van der Waals surface area contributed by atoms with Crippen molar-refractivity contribution in [2.45, 2.75) is 30.6 Å². The first-order valence-electron chi connectivity index (χ1n) is 8.47. The molecule has 0 aliphatic rings. The molecular weight excluding hydrogens is 372 g/mol. The lowest BCUT2D eigenvalue weighted by Gasteiger charge is -2.23. The zero-order valence-corrected chi connectivity index (χ0v) is 16.8. The second-order valence-electron chi connectivity index (χ2n) is 5.57. The third-order valence-electron chi connectivity index (χ3n) is 4.09. The first-order valence-corrected chi connectivity index (χ1v) is 11.3. The summed E-state index contributed by atoms with van der Waals surface area (Å²) in [5.41, 5.74) is 0.565. The van der Waals surface area contributed by atoms with E-state index >= 15 is 0 Å². The normalized spacial score (nSPS) is 12.3. The minimum absolute atomic E-state index is 0.0571. The van der Waals surface area contributed by atoms with Crippen LogP contribution in [0, 0.1) is 0 Å². The lowest BCUT2D eigenvalue weighted by molar-refractivity contribution is 0.445. The van der Waals surface area contributed by atoms with E-state index in [0.717, 1.165) is 0 Å². The predicted molar refractivity (Wildman–Crippen MR) is 103 cm³/mol. The van der Waals surface area contributed by atoms with Gasteiger partial charge in [0.25, 0.3) is 10.0 Å². The maximum Gasteiger partial charge on any atom is 0.264 e. The van der Waals surface area contributed by atoms with Gasteiger partial charge in [0.15, 0.2) is 0 Å². The molecule has 0 N–H and O–H groups in total. The molecular formula is C18H24N2O4S2. The van der Waals surface area contributed by atoms with Crippen molar-refractivity contribution < 1.29 is 16.8 Å². The van der Waals surface area contributed by atoms with Gasteiger partial charge in [-0.1, -0.05) is 32.0 Å². The van der Waals surface area contributed by atoms with Gasteiger partial charge in [0.05, 0.1) is 15.5 Å². The Morgan fingerprint density at radius 1 is 0.654 bits per heavy atom. The van der Waals surface area contributed by atoms with Crippen molar-refractivity contribution in [3.8, 4) is 0 Å². The summed E-state index contributed by atoms with van der Waals surface area (Å²) in [4.78, 5) is 0.143. The fourth-order valence-corrected chi connectivity index (χ4v) is 5.64. The Hall–Kier alpha value is -1.90. The van der Waals surface area contributed by atoms with Gasteiger partial charge in [-0.25, -0.2) is 16.8 Å². The van der Waals surface area contributed by atoms with Crippen molar-refractivity contribution in [1.29, 1.82) is 0 Å². The molecule has 0 saturated carbocycles. The minimum Gasteiger partial charge on any atom is -0.267 e. The molecule has 6 nitrogen and oxygen atoms in total. The van der Waals surface area contributed by atoms with Crippen LogP contribution in [0.2, 0.25) is 0 Å². The third kappa shape index (κ3) is 3.92. The molecule has 0 amide bonds. The van der Waals surface area contributed by atoms with Crippen LogP contribution < -0.4 is 4.31 Å². The summed E-state index contributed by atoms with van der Waals surface area (Å²) in [5.74, 6) is 0. The summed E-state index contributed by atoms with van der Waals surface area (Å²) in [6.07, 6.45) is 0. The number of anilines is 1. The Kier molecular flexibility index (Phi) is 6.44. The fourth-order valence-electron chi connectivity index (χ4n) is 2.71. The van der Waals surface area contributed by atoms with Gasteiger partial charge in [0, 0.05) is 19.6 Å². The van der Waals surface area contributed by atoms with Gasteiger partial charge >= 0.3 is 0 Å². The highest BCUT2D eigenvalue weighted by Gasteiger charge is 2.26. The number of nitrogens with zero attached hydrogens (tertiary/aromatic N) is 2. The van der Waals surface area contributed by atoms with Crippen molar-refractivity contribution >= 4 is 25.7 Å². The number of para-hydroxylation sites is 1. The number of benzene rings is 2. The molecule has 0 aliphatic heterocycles. The van der Waals surface area contributed by atoms with E-state index < -0.39 is 20.0 Å². The first kappa shape index (κ1) is 20.4. The zero-order chi connectivity index (χ0) is 19.4. The molecule has 2 rings (SSSR count). The van der Waals surface area contributed by atoms with E-state index in [9.17, 15) is 16.8 Å². The van der Waals surface area contributed by atoms with E-state index in [1.807, 2.05) is 6.07 Å². The van der Waals surface area contributed by atoms with Crippen LogP contribution in [0.15, 0.2) is 64.4 Å². The second kappa shape index (κ2) is 8.20. The van der Waals surface area contributed by atoms with Crippen molar-refractivity contribution in [3.63, 3.8) is 0 Å². The molecule has 0 fully saturated rings. The SMILES string of the molecule is CCN(CC)S(=O)(=O)c1ccc(S(=O)(=O)N(CC)c2ccccc2)cc1. The quantitative estimate of drug-likeness (QED) is 0.688. The molecule has 26 heavy (non-hydrogen) atoms.